The molecule has 2 aromatic carbocycles. The number of para-hydroxylation sites is 1. The number of aromatic nitrogens is 1. The molecule has 0 saturated carbocycles. The summed E-state index contributed by atoms with van der Waals surface area (Å²) in [4.78, 5) is 14.6. The molecule has 0 aliphatic heterocycles. The molecule has 7 heteroatoms. The summed E-state index contributed by atoms with van der Waals surface area (Å²) in [5.74, 6) is 0. The number of hydrazone groups is 1. The van der Waals surface area contributed by atoms with E-state index in [0.29, 0.717) is 5.13 Å². The van der Waals surface area contributed by atoms with Crippen LogP contribution in [0.1, 0.15) is 12.5 Å². The maximum absolute atomic E-state index is 10.6. The number of hydrogen-bond acceptors (Lipinski definition) is 6. The zero-order valence-electron chi connectivity index (χ0n) is 11.7. The van der Waals surface area contributed by atoms with Gasteiger partial charge in [0.2, 0.25) is 5.13 Å². The molecule has 0 radical (unpaired) electrons. The molecule has 0 saturated heterocycles. The van der Waals surface area contributed by atoms with Crippen LogP contribution in [0.3, 0.4) is 0 Å². The van der Waals surface area contributed by atoms with Crippen molar-refractivity contribution in [1.82, 2.24) is 4.98 Å². The van der Waals surface area contributed by atoms with Gasteiger partial charge < -0.3 is 0 Å². The van der Waals surface area contributed by atoms with Gasteiger partial charge in [0.05, 0.1) is 20.9 Å². The second kappa shape index (κ2) is 5.90. The summed E-state index contributed by atoms with van der Waals surface area (Å²) in [6, 6.07) is 14.1. The minimum atomic E-state index is -0.421. The van der Waals surface area contributed by atoms with Crippen LogP contribution in [0.2, 0.25) is 0 Å². The predicted octanol–water partition coefficient (Wildman–Crippen LogP) is 4.04. The first-order valence-electron chi connectivity index (χ1n) is 6.54. The molecule has 0 aliphatic rings. The average molecular weight is 312 g/mol. The summed E-state index contributed by atoms with van der Waals surface area (Å²) >= 11 is 1.52. The highest BCUT2D eigenvalue weighted by Gasteiger charge is 2.06. The molecule has 0 atom stereocenters. The van der Waals surface area contributed by atoms with Crippen molar-refractivity contribution in [1.29, 1.82) is 0 Å². The second-order valence-corrected chi connectivity index (χ2v) is 5.63. The van der Waals surface area contributed by atoms with Crippen molar-refractivity contribution in [2.24, 2.45) is 5.10 Å². The minimum Gasteiger partial charge on any atom is -0.258 e. The lowest BCUT2D eigenvalue weighted by molar-refractivity contribution is -0.384. The van der Waals surface area contributed by atoms with Gasteiger partial charge in [0.15, 0.2) is 0 Å². The highest BCUT2D eigenvalue weighted by Crippen LogP contribution is 2.25. The SMILES string of the molecule is C/C(=N\Nc1nc2ccccc2s1)c1ccc([N+](=O)[O-])cc1. The van der Waals surface area contributed by atoms with Crippen molar-refractivity contribution < 1.29 is 4.92 Å². The van der Waals surface area contributed by atoms with Crippen molar-refractivity contribution in [3.8, 4) is 0 Å². The van der Waals surface area contributed by atoms with Gasteiger partial charge in [0.1, 0.15) is 0 Å². The third-order valence-corrected chi connectivity index (χ3v) is 4.05. The topological polar surface area (TPSA) is 80.4 Å². The van der Waals surface area contributed by atoms with Gasteiger partial charge in [-0.2, -0.15) is 5.10 Å². The Morgan fingerprint density at radius 2 is 1.95 bits per heavy atom. The molecule has 6 nitrogen and oxygen atoms in total. The van der Waals surface area contributed by atoms with Crippen LogP contribution < -0.4 is 5.43 Å². The minimum absolute atomic E-state index is 0.0654. The van der Waals surface area contributed by atoms with E-state index >= 15 is 0 Å². The van der Waals surface area contributed by atoms with E-state index in [2.05, 4.69) is 15.5 Å². The molecule has 110 valence electrons. The summed E-state index contributed by atoms with van der Waals surface area (Å²) < 4.78 is 1.09. The Kier molecular flexibility index (Phi) is 3.80. The Morgan fingerprint density at radius 1 is 1.23 bits per heavy atom. The number of nitro benzene ring substituents is 1. The first kappa shape index (κ1) is 14.2. The van der Waals surface area contributed by atoms with Crippen molar-refractivity contribution in [2.45, 2.75) is 6.92 Å². The maximum Gasteiger partial charge on any atom is 0.269 e. The van der Waals surface area contributed by atoms with Gasteiger partial charge in [-0.3, -0.25) is 15.5 Å². The molecule has 22 heavy (non-hydrogen) atoms. The van der Waals surface area contributed by atoms with Crippen LogP contribution in [-0.4, -0.2) is 15.6 Å². The van der Waals surface area contributed by atoms with E-state index in [1.165, 1.54) is 23.5 Å². The molecule has 1 aromatic heterocycles. The fraction of sp³-hybridized carbons (Fsp3) is 0.0667. The van der Waals surface area contributed by atoms with Crippen LogP contribution in [-0.2, 0) is 0 Å². The van der Waals surface area contributed by atoms with E-state index in [1.807, 2.05) is 31.2 Å². The summed E-state index contributed by atoms with van der Waals surface area (Å²) in [6.07, 6.45) is 0. The molecule has 0 amide bonds. The first-order valence-corrected chi connectivity index (χ1v) is 7.36. The lowest BCUT2D eigenvalue weighted by Crippen LogP contribution is -1.99. The number of rotatable bonds is 4. The van der Waals surface area contributed by atoms with Crippen LogP contribution in [0.25, 0.3) is 10.2 Å². The zero-order chi connectivity index (χ0) is 15.5. The smallest absolute Gasteiger partial charge is 0.258 e. The molecule has 3 rings (SSSR count). The fourth-order valence-corrected chi connectivity index (χ4v) is 2.75. The van der Waals surface area contributed by atoms with Crippen LogP contribution in [0.15, 0.2) is 53.6 Å². The standard InChI is InChI=1S/C15H12N4O2S/c1-10(11-6-8-12(9-7-11)19(20)21)17-18-15-16-13-4-2-3-5-14(13)22-15/h2-9H,1H3,(H,16,18)/b17-10+. The summed E-state index contributed by atoms with van der Waals surface area (Å²) in [5.41, 5.74) is 5.47. The van der Waals surface area contributed by atoms with E-state index in [9.17, 15) is 10.1 Å². The largest absolute Gasteiger partial charge is 0.269 e. The normalized spacial score (nSPS) is 11.6. The van der Waals surface area contributed by atoms with Crippen molar-refractivity contribution >= 4 is 38.1 Å². The van der Waals surface area contributed by atoms with Gasteiger partial charge in [-0.1, -0.05) is 23.5 Å². The number of thiazole rings is 1. The third kappa shape index (κ3) is 2.94. The Labute approximate surface area is 130 Å². The van der Waals surface area contributed by atoms with Crippen LogP contribution in [0.5, 0.6) is 0 Å². The number of fused-ring (bicyclic) bond motifs is 1. The van der Waals surface area contributed by atoms with Gasteiger partial charge in [-0.25, -0.2) is 4.98 Å². The second-order valence-electron chi connectivity index (χ2n) is 4.60. The summed E-state index contributed by atoms with van der Waals surface area (Å²) in [6.45, 7) is 1.83. The molecular weight excluding hydrogens is 300 g/mol. The quantitative estimate of drug-likeness (QED) is 0.448. The highest BCUT2D eigenvalue weighted by atomic mass is 32.1. The summed E-state index contributed by atoms with van der Waals surface area (Å²) in [7, 11) is 0. The van der Waals surface area contributed by atoms with Gasteiger partial charge >= 0.3 is 0 Å². The number of hydrogen-bond donors (Lipinski definition) is 1. The number of nitrogens with zero attached hydrogens (tertiary/aromatic N) is 3. The monoisotopic (exact) mass is 312 g/mol. The number of benzene rings is 2. The number of nitro groups is 1. The Morgan fingerprint density at radius 3 is 2.64 bits per heavy atom. The number of non-ortho nitro benzene ring substituents is 1. The molecule has 1 heterocycles. The van der Waals surface area contributed by atoms with Crippen LogP contribution in [0, 0.1) is 10.1 Å². The predicted molar refractivity (Wildman–Crippen MR) is 88.6 cm³/mol. The fourth-order valence-electron chi connectivity index (χ4n) is 1.94. The van der Waals surface area contributed by atoms with Crippen LogP contribution in [0.4, 0.5) is 10.8 Å². The first-order chi connectivity index (χ1) is 10.6. The van der Waals surface area contributed by atoms with Crippen molar-refractivity contribution in [3.63, 3.8) is 0 Å². The van der Waals surface area contributed by atoms with E-state index < -0.39 is 4.92 Å². The van der Waals surface area contributed by atoms with Gasteiger partial charge in [0, 0.05) is 12.1 Å². The lowest BCUT2D eigenvalue weighted by Gasteiger charge is -2.01. The molecule has 3 aromatic rings. The average Bonchev–Trinajstić information content (AvgIpc) is 2.95. The number of nitrogens with one attached hydrogen (secondary N) is 1. The molecular formula is C15H12N4O2S. The van der Waals surface area contributed by atoms with Gasteiger partial charge in [0.25, 0.3) is 5.69 Å². The van der Waals surface area contributed by atoms with Gasteiger partial charge in [-0.05, 0) is 36.8 Å². The molecule has 0 fully saturated rings. The molecule has 0 aliphatic carbocycles. The third-order valence-electron chi connectivity index (χ3n) is 3.11. The Bertz CT molecular complexity index is 822. The number of anilines is 1. The van der Waals surface area contributed by atoms with E-state index in [4.69, 9.17) is 0 Å². The molecule has 0 spiro atoms. The maximum atomic E-state index is 10.6. The van der Waals surface area contributed by atoms with Crippen molar-refractivity contribution in [3.05, 3.63) is 64.2 Å². The molecule has 0 bridgehead atoms. The summed E-state index contributed by atoms with van der Waals surface area (Å²) in [5, 5.41) is 15.6. The Hall–Kier alpha value is -2.80. The molecule has 0 unspecified atom stereocenters. The van der Waals surface area contributed by atoms with E-state index in [-0.39, 0.29) is 5.69 Å². The van der Waals surface area contributed by atoms with Crippen molar-refractivity contribution in [2.75, 3.05) is 5.43 Å². The highest BCUT2D eigenvalue weighted by molar-refractivity contribution is 7.22. The van der Waals surface area contributed by atoms with Crippen LogP contribution >= 0.6 is 11.3 Å². The van der Waals surface area contributed by atoms with Gasteiger partial charge in [-0.15, -0.1) is 0 Å². The zero-order valence-corrected chi connectivity index (χ0v) is 12.5. The lowest BCUT2D eigenvalue weighted by atomic mass is 10.1. The van der Waals surface area contributed by atoms with E-state index in [0.717, 1.165) is 21.5 Å². The Balaban J connectivity index is 1.77. The van der Waals surface area contributed by atoms with E-state index in [1.54, 1.807) is 12.1 Å². The molecule has 1 N–H and O–H groups in total.